The maximum Gasteiger partial charge on any atom is 0.266 e. The second-order valence-corrected chi connectivity index (χ2v) is 4.80. The molecule has 5 heteroatoms. The molecule has 104 valence electrons. The molecule has 5 nitrogen and oxygen atoms in total. The topological polar surface area (TPSA) is 80.5 Å². The third-order valence-corrected chi connectivity index (χ3v) is 3.34. The molecule has 0 fully saturated rings. The van der Waals surface area contributed by atoms with Gasteiger partial charge < -0.3 is 5.73 Å². The Morgan fingerprint density at radius 3 is 2.14 bits per heavy atom. The van der Waals surface area contributed by atoms with Crippen LogP contribution < -0.4 is 10.6 Å². The minimum Gasteiger partial charge on any atom is -0.369 e. The summed E-state index contributed by atoms with van der Waals surface area (Å²) in [5.41, 5.74) is 7.06. The Morgan fingerprint density at radius 2 is 1.57 bits per heavy atom. The van der Waals surface area contributed by atoms with Gasteiger partial charge in [0.1, 0.15) is 0 Å². The lowest BCUT2D eigenvalue weighted by Gasteiger charge is -2.14. The van der Waals surface area contributed by atoms with Crippen LogP contribution in [0, 0.1) is 0 Å². The van der Waals surface area contributed by atoms with Crippen LogP contribution in [0.2, 0.25) is 0 Å². The molecule has 3 amide bonds. The van der Waals surface area contributed by atoms with Crippen molar-refractivity contribution in [3.8, 4) is 0 Å². The van der Waals surface area contributed by atoms with E-state index in [1.165, 1.54) is 0 Å². The van der Waals surface area contributed by atoms with Crippen LogP contribution in [-0.4, -0.2) is 17.7 Å². The van der Waals surface area contributed by atoms with Gasteiger partial charge in [0, 0.05) is 0 Å². The average molecular weight is 280 g/mol. The van der Waals surface area contributed by atoms with Gasteiger partial charge in [-0.3, -0.25) is 14.4 Å². The van der Waals surface area contributed by atoms with Crippen molar-refractivity contribution >= 4 is 23.4 Å². The number of nitrogens with two attached hydrogens (primary N) is 1. The zero-order chi connectivity index (χ0) is 15.0. The Balaban J connectivity index is 2.01. The first-order chi connectivity index (χ1) is 10.1. The second-order valence-electron chi connectivity index (χ2n) is 4.80. The Morgan fingerprint density at radius 1 is 0.952 bits per heavy atom. The summed E-state index contributed by atoms with van der Waals surface area (Å²) < 4.78 is 0. The number of imide groups is 1. The lowest BCUT2D eigenvalue weighted by molar-refractivity contribution is -0.117. The molecule has 0 unspecified atom stereocenters. The quantitative estimate of drug-likeness (QED) is 0.865. The highest BCUT2D eigenvalue weighted by molar-refractivity contribution is 6.34. The van der Waals surface area contributed by atoms with E-state index in [0.29, 0.717) is 22.4 Å². The maximum absolute atomic E-state index is 12.4. The summed E-state index contributed by atoms with van der Waals surface area (Å²) in [6.45, 7) is 0. The third kappa shape index (κ3) is 2.18. The number of primary amides is 1. The molecule has 2 aromatic carbocycles. The lowest BCUT2D eigenvalue weighted by Crippen LogP contribution is -2.29. The maximum atomic E-state index is 12.4. The van der Waals surface area contributed by atoms with Crippen molar-refractivity contribution < 1.29 is 14.4 Å². The minimum atomic E-state index is -0.463. The number of benzene rings is 2. The Bertz CT molecular complexity index is 733. The van der Waals surface area contributed by atoms with Gasteiger partial charge in [-0.2, -0.15) is 0 Å². The number of hydrogen-bond donors (Lipinski definition) is 1. The fourth-order valence-electron chi connectivity index (χ4n) is 2.43. The van der Waals surface area contributed by atoms with E-state index >= 15 is 0 Å². The first kappa shape index (κ1) is 13.1. The highest BCUT2D eigenvalue weighted by Gasteiger charge is 2.36. The molecule has 1 aliphatic heterocycles. The van der Waals surface area contributed by atoms with Gasteiger partial charge in [-0.05, 0) is 29.8 Å². The number of anilines is 1. The summed E-state index contributed by atoms with van der Waals surface area (Å²) in [6, 6.07) is 13.4. The predicted octanol–water partition coefficient (Wildman–Crippen LogP) is 1.52. The van der Waals surface area contributed by atoms with Crippen LogP contribution in [0.3, 0.4) is 0 Å². The van der Waals surface area contributed by atoms with Crippen molar-refractivity contribution in [3.05, 3.63) is 65.2 Å². The van der Waals surface area contributed by atoms with Gasteiger partial charge in [-0.25, -0.2) is 4.90 Å². The van der Waals surface area contributed by atoms with E-state index in [4.69, 9.17) is 5.73 Å². The zero-order valence-corrected chi connectivity index (χ0v) is 11.1. The fourth-order valence-corrected chi connectivity index (χ4v) is 2.43. The molecular formula is C16H12N2O3. The van der Waals surface area contributed by atoms with Crippen molar-refractivity contribution in [1.82, 2.24) is 0 Å². The van der Waals surface area contributed by atoms with Crippen LogP contribution in [0.1, 0.15) is 26.3 Å². The van der Waals surface area contributed by atoms with Crippen LogP contribution >= 0.6 is 0 Å². The van der Waals surface area contributed by atoms with Gasteiger partial charge in [-0.1, -0.05) is 24.3 Å². The SMILES string of the molecule is NC(=O)Cc1cccc(N2C(=O)c3ccccc3C2=O)c1. The van der Waals surface area contributed by atoms with Gasteiger partial charge in [0.2, 0.25) is 5.91 Å². The largest absolute Gasteiger partial charge is 0.369 e. The molecule has 0 saturated carbocycles. The molecule has 1 aliphatic rings. The first-order valence-electron chi connectivity index (χ1n) is 6.43. The number of hydrogen-bond acceptors (Lipinski definition) is 3. The molecule has 2 aromatic rings. The number of amides is 3. The summed E-state index contributed by atoms with van der Waals surface area (Å²) >= 11 is 0. The molecule has 0 radical (unpaired) electrons. The van der Waals surface area contributed by atoms with E-state index < -0.39 is 5.91 Å². The van der Waals surface area contributed by atoms with Crippen molar-refractivity contribution in [3.63, 3.8) is 0 Å². The average Bonchev–Trinajstić information content (AvgIpc) is 2.71. The summed E-state index contributed by atoms with van der Waals surface area (Å²) in [5.74, 6) is -1.17. The molecule has 2 N–H and O–H groups in total. The van der Waals surface area contributed by atoms with Gasteiger partial charge in [0.15, 0.2) is 0 Å². The molecule has 21 heavy (non-hydrogen) atoms. The van der Waals surface area contributed by atoms with E-state index in [2.05, 4.69) is 0 Å². The number of carbonyl (C=O) groups is 3. The van der Waals surface area contributed by atoms with Crippen molar-refractivity contribution in [2.45, 2.75) is 6.42 Å². The Labute approximate surface area is 121 Å². The summed E-state index contributed by atoms with van der Waals surface area (Å²) in [4.78, 5) is 36.8. The van der Waals surface area contributed by atoms with Crippen molar-refractivity contribution in [2.24, 2.45) is 5.73 Å². The first-order valence-corrected chi connectivity index (χ1v) is 6.43. The van der Waals surface area contributed by atoms with E-state index in [-0.39, 0.29) is 18.2 Å². The normalized spacial score (nSPS) is 13.4. The highest BCUT2D eigenvalue weighted by Crippen LogP contribution is 2.28. The monoisotopic (exact) mass is 280 g/mol. The molecule has 3 rings (SSSR count). The fraction of sp³-hybridized carbons (Fsp3) is 0.0625. The van der Waals surface area contributed by atoms with Crippen LogP contribution in [0.4, 0.5) is 5.69 Å². The molecule has 0 bridgehead atoms. The second kappa shape index (κ2) is 4.86. The molecule has 0 aromatic heterocycles. The standard InChI is InChI=1S/C16H12N2O3/c17-14(19)9-10-4-3-5-11(8-10)18-15(20)12-6-1-2-7-13(12)16(18)21/h1-8H,9H2,(H2,17,19). The number of carbonyl (C=O) groups excluding carboxylic acids is 3. The minimum absolute atomic E-state index is 0.0665. The molecular weight excluding hydrogens is 268 g/mol. The van der Waals surface area contributed by atoms with E-state index in [9.17, 15) is 14.4 Å². The van der Waals surface area contributed by atoms with Crippen LogP contribution in [-0.2, 0) is 11.2 Å². The van der Waals surface area contributed by atoms with E-state index in [0.717, 1.165) is 4.90 Å². The van der Waals surface area contributed by atoms with Gasteiger partial charge in [0.05, 0.1) is 23.2 Å². The predicted molar refractivity (Wildman–Crippen MR) is 76.9 cm³/mol. The zero-order valence-electron chi connectivity index (χ0n) is 11.1. The number of nitrogens with zero attached hydrogens (tertiary/aromatic N) is 1. The molecule has 0 saturated heterocycles. The third-order valence-electron chi connectivity index (χ3n) is 3.34. The molecule has 1 heterocycles. The Hall–Kier alpha value is -2.95. The Kier molecular flexibility index (Phi) is 3.02. The smallest absolute Gasteiger partial charge is 0.266 e. The van der Waals surface area contributed by atoms with Crippen molar-refractivity contribution in [1.29, 1.82) is 0 Å². The summed E-state index contributed by atoms with van der Waals surface area (Å²) in [6.07, 6.45) is 0.0665. The number of fused-ring (bicyclic) bond motifs is 1. The van der Waals surface area contributed by atoms with Crippen molar-refractivity contribution in [2.75, 3.05) is 4.90 Å². The lowest BCUT2D eigenvalue weighted by atomic mass is 10.1. The van der Waals surface area contributed by atoms with Gasteiger partial charge in [0.25, 0.3) is 11.8 Å². The van der Waals surface area contributed by atoms with Gasteiger partial charge in [-0.15, -0.1) is 0 Å². The summed E-state index contributed by atoms with van der Waals surface area (Å²) in [5, 5.41) is 0. The highest BCUT2D eigenvalue weighted by atomic mass is 16.2. The molecule has 0 aliphatic carbocycles. The summed E-state index contributed by atoms with van der Waals surface area (Å²) in [7, 11) is 0. The molecule has 0 atom stereocenters. The van der Waals surface area contributed by atoms with Crippen LogP contribution in [0.25, 0.3) is 0 Å². The van der Waals surface area contributed by atoms with E-state index in [1.54, 1.807) is 48.5 Å². The van der Waals surface area contributed by atoms with Gasteiger partial charge >= 0.3 is 0 Å². The van der Waals surface area contributed by atoms with Crippen LogP contribution in [0.5, 0.6) is 0 Å². The van der Waals surface area contributed by atoms with Crippen LogP contribution in [0.15, 0.2) is 48.5 Å². The van der Waals surface area contributed by atoms with E-state index in [1.807, 2.05) is 0 Å². The number of rotatable bonds is 3. The molecule has 0 spiro atoms.